The summed E-state index contributed by atoms with van der Waals surface area (Å²) in [5, 5.41) is 4.24. The van der Waals surface area contributed by atoms with Crippen LogP contribution in [0, 0.1) is 0 Å². The maximum atomic E-state index is 6.10. The number of nitrogens with one attached hydrogen (secondary N) is 1. The third kappa shape index (κ3) is 4.96. The van der Waals surface area contributed by atoms with Gasteiger partial charge in [-0.3, -0.25) is 0 Å². The second-order valence-corrected chi connectivity index (χ2v) is 6.68. The first-order valence-corrected chi connectivity index (χ1v) is 8.29. The zero-order valence-electron chi connectivity index (χ0n) is 13.5. The molecule has 1 aliphatic heterocycles. The molecule has 4 heteroatoms. The topological polar surface area (TPSA) is 18.5 Å². The van der Waals surface area contributed by atoms with Gasteiger partial charge in [-0.25, -0.2) is 0 Å². The fraction of sp³-hybridized carbons (Fsp3) is 0.647. The van der Waals surface area contributed by atoms with Gasteiger partial charge in [-0.05, 0) is 64.6 Å². The molecule has 2 unspecified atom stereocenters. The molecule has 1 fully saturated rings. The zero-order valence-corrected chi connectivity index (χ0v) is 14.2. The normalized spacial score (nSPS) is 21.7. The number of nitrogens with zero attached hydrogens (tertiary/aromatic N) is 2. The fourth-order valence-corrected chi connectivity index (χ4v) is 3.37. The Kier molecular flexibility index (Phi) is 6.49. The number of hydrogen-bond acceptors (Lipinski definition) is 3. The van der Waals surface area contributed by atoms with Gasteiger partial charge in [-0.1, -0.05) is 23.7 Å². The Balaban J connectivity index is 1.88. The van der Waals surface area contributed by atoms with Gasteiger partial charge in [-0.2, -0.15) is 0 Å². The average Bonchev–Trinajstić information content (AvgIpc) is 2.48. The zero-order chi connectivity index (χ0) is 15.2. The van der Waals surface area contributed by atoms with Crippen molar-refractivity contribution in [1.29, 1.82) is 0 Å². The van der Waals surface area contributed by atoms with Gasteiger partial charge in [0.2, 0.25) is 0 Å². The molecule has 21 heavy (non-hydrogen) atoms. The van der Waals surface area contributed by atoms with Gasteiger partial charge in [0.15, 0.2) is 0 Å². The van der Waals surface area contributed by atoms with Crippen LogP contribution >= 0.6 is 11.6 Å². The Hall–Kier alpha value is -0.610. The van der Waals surface area contributed by atoms with Crippen molar-refractivity contribution in [1.82, 2.24) is 15.1 Å². The minimum absolute atomic E-state index is 0.378. The van der Waals surface area contributed by atoms with E-state index in [0.717, 1.165) is 18.0 Å². The number of benzene rings is 1. The van der Waals surface area contributed by atoms with Gasteiger partial charge in [-0.15, -0.1) is 0 Å². The molecule has 1 aliphatic rings. The Morgan fingerprint density at radius 1 is 1.43 bits per heavy atom. The summed E-state index contributed by atoms with van der Waals surface area (Å²) in [5.41, 5.74) is 1.28. The van der Waals surface area contributed by atoms with Gasteiger partial charge < -0.3 is 15.1 Å². The Morgan fingerprint density at radius 3 is 2.90 bits per heavy atom. The molecule has 1 saturated heterocycles. The highest BCUT2D eigenvalue weighted by atomic mass is 35.5. The molecule has 0 amide bonds. The van der Waals surface area contributed by atoms with E-state index in [9.17, 15) is 0 Å². The minimum Gasteiger partial charge on any atom is -0.313 e. The fourth-order valence-electron chi connectivity index (χ4n) is 3.17. The third-order valence-electron chi connectivity index (χ3n) is 4.54. The van der Waals surface area contributed by atoms with Crippen molar-refractivity contribution in [2.45, 2.75) is 31.3 Å². The molecule has 2 rings (SSSR count). The van der Waals surface area contributed by atoms with E-state index in [1.54, 1.807) is 0 Å². The highest BCUT2D eigenvalue weighted by Gasteiger charge is 2.22. The van der Waals surface area contributed by atoms with Gasteiger partial charge in [0.1, 0.15) is 0 Å². The molecule has 0 aliphatic carbocycles. The average molecular weight is 310 g/mol. The van der Waals surface area contributed by atoms with Crippen LogP contribution in [0.25, 0.3) is 0 Å². The second-order valence-electron chi connectivity index (χ2n) is 6.25. The molecule has 1 N–H and O–H groups in total. The largest absolute Gasteiger partial charge is 0.313 e. The molecule has 0 radical (unpaired) electrons. The quantitative estimate of drug-likeness (QED) is 0.871. The summed E-state index contributed by atoms with van der Waals surface area (Å²) in [4.78, 5) is 4.96. The van der Waals surface area contributed by atoms with Crippen molar-refractivity contribution in [3.63, 3.8) is 0 Å². The van der Waals surface area contributed by atoms with E-state index in [-0.39, 0.29) is 0 Å². The lowest BCUT2D eigenvalue weighted by molar-refractivity contribution is 0.129. The van der Waals surface area contributed by atoms with Crippen LogP contribution in [0.1, 0.15) is 30.9 Å². The number of halogens is 1. The summed E-state index contributed by atoms with van der Waals surface area (Å²) in [7, 11) is 6.41. The first-order chi connectivity index (χ1) is 10.1. The summed E-state index contributed by atoms with van der Waals surface area (Å²) in [6, 6.07) is 9.28. The van der Waals surface area contributed by atoms with Crippen molar-refractivity contribution >= 4 is 11.6 Å². The number of piperidine rings is 1. The molecule has 0 spiro atoms. The maximum Gasteiger partial charge on any atom is 0.0409 e. The van der Waals surface area contributed by atoms with Crippen LogP contribution in [-0.4, -0.2) is 56.6 Å². The Bertz CT molecular complexity index is 436. The smallest absolute Gasteiger partial charge is 0.0409 e. The van der Waals surface area contributed by atoms with Crippen LogP contribution in [0.15, 0.2) is 24.3 Å². The van der Waals surface area contributed by atoms with Crippen molar-refractivity contribution in [2.24, 2.45) is 0 Å². The van der Waals surface area contributed by atoms with Crippen molar-refractivity contribution in [3.05, 3.63) is 34.9 Å². The van der Waals surface area contributed by atoms with Gasteiger partial charge in [0, 0.05) is 30.2 Å². The maximum absolute atomic E-state index is 6.10. The van der Waals surface area contributed by atoms with E-state index in [2.05, 4.69) is 41.3 Å². The van der Waals surface area contributed by atoms with E-state index in [0.29, 0.717) is 12.1 Å². The molecule has 1 aromatic rings. The van der Waals surface area contributed by atoms with Gasteiger partial charge in [0.25, 0.3) is 0 Å². The van der Waals surface area contributed by atoms with Crippen molar-refractivity contribution in [2.75, 3.05) is 40.8 Å². The minimum atomic E-state index is 0.378. The lowest BCUT2D eigenvalue weighted by Crippen LogP contribution is -2.45. The summed E-state index contributed by atoms with van der Waals surface area (Å²) in [5.74, 6) is 0. The van der Waals surface area contributed by atoms with Crippen LogP contribution < -0.4 is 5.32 Å². The predicted molar refractivity (Wildman–Crippen MR) is 91.0 cm³/mol. The lowest BCUT2D eigenvalue weighted by atomic mass is 10.0. The molecular formula is C17H28ClN3. The molecule has 1 aromatic carbocycles. The molecule has 2 atom stereocenters. The molecule has 0 bridgehead atoms. The van der Waals surface area contributed by atoms with E-state index >= 15 is 0 Å². The molecule has 1 heterocycles. The molecular weight excluding hydrogens is 282 g/mol. The number of hydrogen-bond donors (Lipinski definition) is 1. The van der Waals surface area contributed by atoms with Crippen molar-refractivity contribution in [3.8, 4) is 0 Å². The van der Waals surface area contributed by atoms with E-state index in [4.69, 9.17) is 11.6 Å². The Labute approximate surface area is 134 Å². The SMILES string of the molecule is CNC(CCN1CCCC(N(C)C)C1)c1cccc(Cl)c1. The monoisotopic (exact) mass is 309 g/mol. The van der Waals surface area contributed by atoms with Crippen LogP contribution in [0.4, 0.5) is 0 Å². The van der Waals surface area contributed by atoms with E-state index in [1.165, 1.54) is 31.5 Å². The summed E-state index contributed by atoms with van der Waals surface area (Å²) in [6.45, 7) is 3.57. The summed E-state index contributed by atoms with van der Waals surface area (Å²) >= 11 is 6.10. The van der Waals surface area contributed by atoms with Crippen LogP contribution in [0.3, 0.4) is 0 Å². The van der Waals surface area contributed by atoms with Gasteiger partial charge in [0.05, 0.1) is 0 Å². The van der Waals surface area contributed by atoms with Crippen LogP contribution in [0.2, 0.25) is 5.02 Å². The Morgan fingerprint density at radius 2 is 2.24 bits per heavy atom. The van der Waals surface area contributed by atoms with E-state index in [1.807, 2.05) is 19.2 Å². The summed E-state index contributed by atoms with van der Waals surface area (Å²) in [6.07, 6.45) is 3.76. The molecule has 0 aromatic heterocycles. The summed E-state index contributed by atoms with van der Waals surface area (Å²) < 4.78 is 0. The standard InChI is InChI=1S/C17H28ClN3/c1-19-17(14-6-4-7-15(18)12-14)9-11-21-10-5-8-16(13-21)20(2)3/h4,6-7,12,16-17,19H,5,8-11,13H2,1-3H3. The molecule has 0 saturated carbocycles. The highest BCUT2D eigenvalue weighted by Crippen LogP contribution is 2.22. The van der Waals surface area contributed by atoms with Crippen LogP contribution in [0.5, 0.6) is 0 Å². The van der Waals surface area contributed by atoms with Gasteiger partial charge >= 0.3 is 0 Å². The van der Waals surface area contributed by atoms with Crippen molar-refractivity contribution < 1.29 is 0 Å². The first kappa shape index (κ1) is 16.8. The van der Waals surface area contributed by atoms with Crippen LogP contribution in [-0.2, 0) is 0 Å². The number of likely N-dealkylation sites (tertiary alicyclic amines) is 1. The predicted octanol–water partition coefficient (Wildman–Crippen LogP) is 3.02. The molecule has 118 valence electrons. The molecule has 3 nitrogen and oxygen atoms in total. The highest BCUT2D eigenvalue weighted by molar-refractivity contribution is 6.30. The van der Waals surface area contributed by atoms with E-state index < -0.39 is 0 Å². The lowest BCUT2D eigenvalue weighted by Gasteiger charge is -2.36. The third-order valence-corrected chi connectivity index (χ3v) is 4.78. The second kappa shape index (κ2) is 8.14. The first-order valence-electron chi connectivity index (χ1n) is 7.91. The number of likely N-dealkylation sites (N-methyl/N-ethyl adjacent to an activating group) is 1. The number of rotatable bonds is 6.